The molecule has 0 aliphatic carbocycles. The zero-order valence-electron chi connectivity index (χ0n) is 51.4. The monoisotopic (exact) mass is 1080 g/mol. The molecule has 0 aromatic heterocycles. The Morgan fingerprint density at radius 2 is 0.577 bits per heavy atom. The molecule has 0 saturated heterocycles. The van der Waals surface area contributed by atoms with Crippen molar-refractivity contribution in [1.82, 2.24) is 5.32 Å². The molecule has 0 aromatic carbocycles. The van der Waals surface area contributed by atoms with Gasteiger partial charge in [-0.05, 0) is 109 Å². The van der Waals surface area contributed by atoms with Crippen LogP contribution in [0.1, 0.15) is 309 Å². The van der Waals surface area contributed by atoms with Crippen LogP contribution in [0.3, 0.4) is 0 Å². The third kappa shape index (κ3) is 63.4. The molecule has 2 unspecified atom stereocenters. The zero-order chi connectivity index (χ0) is 56.2. The van der Waals surface area contributed by atoms with Crippen LogP contribution in [-0.4, -0.2) is 34.9 Å². The van der Waals surface area contributed by atoms with Crippen molar-refractivity contribution >= 4 is 5.91 Å². The number of unbranched alkanes of at least 4 members (excludes halogenated alkanes) is 33. The lowest BCUT2D eigenvalue weighted by Crippen LogP contribution is -2.45. The van der Waals surface area contributed by atoms with Crippen molar-refractivity contribution in [3.05, 3.63) is 134 Å². The van der Waals surface area contributed by atoms with E-state index >= 15 is 0 Å². The normalized spacial score (nSPS) is 13.6. The van der Waals surface area contributed by atoms with Crippen LogP contribution in [0.25, 0.3) is 0 Å². The first-order valence-electron chi connectivity index (χ1n) is 33.4. The molecule has 3 N–H and O–H groups in total. The number of allylic oxidation sites excluding steroid dienone is 21. The molecule has 4 nitrogen and oxygen atoms in total. The molecule has 0 aromatic rings. The van der Waals surface area contributed by atoms with E-state index in [9.17, 15) is 15.0 Å². The van der Waals surface area contributed by atoms with E-state index in [0.717, 1.165) is 89.9 Å². The summed E-state index contributed by atoms with van der Waals surface area (Å²) in [5.41, 5.74) is 0. The second-order valence-electron chi connectivity index (χ2n) is 22.1. The molecule has 0 radical (unpaired) electrons. The highest BCUT2D eigenvalue weighted by molar-refractivity contribution is 5.76. The minimum Gasteiger partial charge on any atom is -0.394 e. The fraction of sp³-hybridized carbons (Fsp3) is 0.689. The van der Waals surface area contributed by atoms with E-state index in [1.807, 2.05) is 6.08 Å². The third-order valence-electron chi connectivity index (χ3n) is 14.6. The van der Waals surface area contributed by atoms with E-state index in [4.69, 9.17) is 0 Å². The number of amides is 1. The smallest absolute Gasteiger partial charge is 0.220 e. The fourth-order valence-electron chi connectivity index (χ4n) is 9.58. The van der Waals surface area contributed by atoms with Gasteiger partial charge in [0.25, 0.3) is 0 Å². The van der Waals surface area contributed by atoms with Crippen LogP contribution < -0.4 is 5.32 Å². The first-order chi connectivity index (χ1) is 38.7. The molecule has 0 saturated carbocycles. The van der Waals surface area contributed by atoms with Gasteiger partial charge in [0.15, 0.2) is 0 Å². The maximum Gasteiger partial charge on any atom is 0.220 e. The molecule has 0 spiro atoms. The average Bonchev–Trinajstić information content (AvgIpc) is 3.44. The van der Waals surface area contributed by atoms with Gasteiger partial charge in [0, 0.05) is 6.42 Å². The zero-order valence-corrected chi connectivity index (χ0v) is 51.4. The molecule has 0 heterocycles. The minimum absolute atomic E-state index is 0.0827. The average molecular weight is 1080 g/mol. The lowest BCUT2D eigenvalue weighted by molar-refractivity contribution is -0.123. The molecule has 446 valence electrons. The number of carbonyl (C=O) groups is 1. The minimum atomic E-state index is -0.881. The van der Waals surface area contributed by atoms with Crippen LogP contribution >= 0.6 is 0 Å². The molecule has 0 bridgehead atoms. The quantitative estimate of drug-likeness (QED) is 0.0420. The van der Waals surface area contributed by atoms with Gasteiger partial charge in [0.05, 0.1) is 18.8 Å². The van der Waals surface area contributed by atoms with Crippen molar-refractivity contribution in [3.8, 4) is 0 Å². The highest BCUT2D eigenvalue weighted by atomic mass is 16.3. The van der Waals surface area contributed by atoms with Crippen LogP contribution in [-0.2, 0) is 4.79 Å². The largest absolute Gasteiger partial charge is 0.394 e. The number of hydrogen-bond acceptors (Lipinski definition) is 3. The van der Waals surface area contributed by atoms with E-state index in [1.54, 1.807) is 6.08 Å². The Morgan fingerprint density at radius 3 is 0.897 bits per heavy atom. The second-order valence-corrected chi connectivity index (χ2v) is 22.1. The van der Waals surface area contributed by atoms with Gasteiger partial charge in [-0.2, -0.15) is 0 Å². The summed E-state index contributed by atoms with van der Waals surface area (Å²) in [5, 5.41) is 23.2. The van der Waals surface area contributed by atoms with Crippen LogP contribution in [0, 0.1) is 0 Å². The summed E-state index contributed by atoms with van der Waals surface area (Å²) in [4.78, 5) is 12.5. The molecule has 0 aliphatic heterocycles. The molecule has 0 aliphatic rings. The van der Waals surface area contributed by atoms with Gasteiger partial charge >= 0.3 is 0 Å². The van der Waals surface area contributed by atoms with Crippen molar-refractivity contribution in [2.75, 3.05) is 6.61 Å². The van der Waals surface area contributed by atoms with Gasteiger partial charge in [-0.1, -0.05) is 327 Å². The molecule has 1 amide bonds. The highest BCUT2D eigenvalue weighted by Crippen LogP contribution is 2.17. The summed E-state index contributed by atoms with van der Waals surface area (Å²) in [6, 6.07) is -0.657. The number of nitrogens with one attached hydrogen (secondary N) is 1. The predicted molar refractivity (Wildman–Crippen MR) is 349 cm³/mol. The number of aliphatic hydroxyl groups is 2. The number of rotatable bonds is 60. The second kappa shape index (κ2) is 67.8. The van der Waals surface area contributed by atoms with Gasteiger partial charge in [-0.15, -0.1) is 0 Å². The van der Waals surface area contributed by atoms with E-state index < -0.39 is 12.1 Å². The highest BCUT2D eigenvalue weighted by Gasteiger charge is 2.18. The maximum absolute atomic E-state index is 12.5. The van der Waals surface area contributed by atoms with Crippen molar-refractivity contribution in [3.63, 3.8) is 0 Å². The molecular weight excluding hydrogens is 951 g/mol. The number of carbonyl (C=O) groups excluding carboxylic acids is 1. The standard InChI is InChI=1S/C74H127NO3/c1-3-5-7-9-11-13-15-17-19-21-23-25-27-29-31-33-34-35-36-37-38-39-40-42-44-46-48-50-52-54-56-58-60-62-64-66-68-70-74(78)75-72(71-76)73(77)69-67-65-63-61-59-57-55-53-51-49-47-45-43-41-32-30-28-26-24-22-20-18-16-14-12-10-8-6-4-2/h5,7,11,13,17,19,23,25,29,31,34-35,37-38,40,42,51,53,59,61,67,69,72-73,76-77H,3-4,6,8-10,12,14-16,18,20-22,24,26-28,30,32-33,36,39,41,43-50,52,54-58,60,62-66,68,70-71H2,1-2H3,(H,75,78)/b7-5-,13-11-,19-17-,25-23-,31-29-,35-34-,38-37-,42-40-,53-51+,61-59+,69-67+. The van der Waals surface area contributed by atoms with Crippen molar-refractivity contribution < 1.29 is 15.0 Å². The van der Waals surface area contributed by atoms with E-state index in [1.165, 1.54) is 199 Å². The first-order valence-corrected chi connectivity index (χ1v) is 33.4. The van der Waals surface area contributed by atoms with Crippen molar-refractivity contribution in [2.24, 2.45) is 0 Å². The summed E-state index contributed by atoms with van der Waals surface area (Å²) in [7, 11) is 0. The van der Waals surface area contributed by atoms with Gasteiger partial charge in [0.1, 0.15) is 0 Å². The van der Waals surface area contributed by atoms with Crippen LogP contribution in [0.5, 0.6) is 0 Å². The van der Waals surface area contributed by atoms with Crippen LogP contribution in [0.15, 0.2) is 134 Å². The van der Waals surface area contributed by atoms with Gasteiger partial charge < -0.3 is 15.5 Å². The van der Waals surface area contributed by atoms with E-state index in [0.29, 0.717) is 6.42 Å². The van der Waals surface area contributed by atoms with E-state index in [2.05, 4.69) is 141 Å². The Kier molecular flexibility index (Phi) is 64.8. The first kappa shape index (κ1) is 74.5. The summed E-state index contributed by atoms with van der Waals surface area (Å²) in [6.45, 7) is 4.19. The molecule has 4 heteroatoms. The SMILES string of the molecule is CC/C=C\C/C=C\C/C=C\C/C=C\C/C=C\C/C=C\C/C=C\C/C=C\CCCCCCCCCCCCCCC(=O)NC(CO)C(O)/C=C/CC/C=C/CC/C=C/CCCCCCCCCCCCCCCCCCCCC. The summed E-state index contributed by atoms with van der Waals surface area (Å²) in [6.07, 6.45) is 105. The lowest BCUT2D eigenvalue weighted by atomic mass is 10.0. The Balaban J connectivity index is 3.59. The Morgan fingerprint density at radius 1 is 0.321 bits per heavy atom. The van der Waals surface area contributed by atoms with E-state index in [-0.39, 0.29) is 12.5 Å². The molecule has 0 rings (SSSR count). The molecular formula is C74H127NO3. The van der Waals surface area contributed by atoms with Crippen LogP contribution in [0.4, 0.5) is 0 Å². The molecule has 0 fully saturated rings. The van der Waals surface area contributed by atoms with Gasteiger partial charge in [-0.25, -0.2) is 0 Å². The predicted octanol–water partition coefficient (Wildman–Crippen LogP) is 22.9. The summed E-state index contributed by atoms with van der Waals surface area (Å²) >= 11 is 0. The topological polar surface area (TPSA) is 69.6 Å². The van der Waals surface area contributed by atoms with Gasteiger partial charge in [0.2, 0.25) is 5.91 Å². The summed E-state index contributed by atoms with van der Waals surface area (Å²) in [5.74, 6) is -0.0827. The number of aliphatic hydroxyl groups excluding tert-OH is 2. The van der Waals surface area contributed by atoms with Crippen molar-refractivity contribution in [2.45, 2.75) is 321 Å². The Hall–Kier alpha value is -3.47. The van der Waals surface area contributed by atoms with Gasteiger partial charge in [-0.3, -0.25) is 4.79 Å². The molecule has 2 atom stereocenters. The van der Waals surface area contributed by atoms with Crippen LogP contribution in [0.2, 0.25) is 0 Å². The summed E-state index contributed by atoms with van der Waals surface area (Å²) < 4.78 is 0. The maximum atomic E-state index is 12.5. The Bertz CT molecular complexity index is 1550. The molecule has 78 heavy (non-hydrogen) atoms. The third-order valence-corrected chi connectivity index (χ3v) is 14.6. The lowest BCUT2D eigenvalue weighted by Gasteiger charge is -2.19. The fourth-order valence-corrected chi connectivity index (χ4v) is 9.58. The Labute approximate surface area is 485 Å². The number of hydrogen-bond donors (Lipinski definition) is 3. The van der Waals surface area contributed by atoms with Crippen molar-refractivity contribution in [1.29, 1.82) is 0 Å².